The molecule has 1 aromatic heterocycles. The zero-order valence-electron chi connectivity index (χ0n) is 10.2. The lowest BCUT2D eigenvalue weighted by atomic mass is 10.2. The Morgan fingerprint density at radius 1 is 1.47 bits per heavy atom. The van der Waals surface area contributed by atoms with Crippen LogP contribution in [0.5, 0.6) is 0 Å². The van der Waals surface area contributed by atoms with Gasteiger partial charge in [0.25, 0.3) is 0 Å². The number of carbonyl (C=O) groups excluding carboxylic acids is 1. The van der Waals surface area contributed by atoms with Gasteiger partial charge in [-0.05, 0) is 5.04 Å². The molecule has 1 N–H and O–H groups in total. The number of hydrogen-bond acceptors (Lipinski definition) is 2. The van der Waals surface area contributed by atoms with Crippen LogP contribution in [0.25, 0.3) is 0 Å². The number of aldehydes is 1. The second-order valence-corrected chi connectivity index (χ2v) is 11.3. The van der Waals surface area contributed by atoms with Crippen molar-refractivity contribution < 1.29 is 4.79 Å². The van der Waals surface area contributed by atoms with E-state index in [1.807, 2.05) is 0 Å². The molecule has 0 aliphatic heterocycles. The Kier molecular flexibility index (Phi) is 3.18. The number of aromatic amines is 1. The van der Waals surface area contributed by atoms with Crippen LogP contribution in [0.3, 0.4) is 0 Å². The van der Waals surface area contributed by atoms with Crippen LogP contribution in [0.15, 0.2) is 6.20 Å². The molecule has 0 spiro atoms. The van der Waals surface area contributed by atoms with E-state index in [1.54, 1.807) is 6.20 Å². The zero-order valence-corrected chi connectivity index (χ0v) is 11.2. The molecule has 1 aromatic rings. The van der Waals surface area contributed by atoms with Crippen molar-refractivity contribution in [2.24, 2.45) is 0 Å². The maximum absolute atomic E-state index is 10.5. The van der Waals surface area contributed by atoms with Crippen LogP contribution in [-0.2, 0) is 6.04 Å². The van der Waals surface area contributed by atoms with Crippen LogP contribution in [-0.4, -0.2) is 24.3 Å². The van der Waals surface area contributed by atoms with E-state index >= 15 is 0 Å². The molecule has 0 radical (unpaired) electrons. The molecule has 0 aliphatic carbocycles. The van der Waals surface area contributed by atoms with E-state index in [0.29, 0.717) is 10.7 Å². The summed E-state index contributed by atoms with van der Waals surface area (Å²) in [5.41, 5.74) is 0.573. The average Bonchev–Trinajstić information content (AvgIpc) is 2.49. The SMILES string of the molecule is CC(C)(C)[Si](C)(C)Cc1ncc(C=O)[nH]1. The van der Waals surface area contributed by atoms with Gasteiger partial charge in [-0.2, -0.15) is 0 Å². The topological polar surface area (TPSA) is 45.8 Å². The first-order valence-corrected chi connectivity index (χ1v) is 8.46. The number of H-pyrrole nitrogens is 1. The normalized spacial score (nSPS) is 12.9. The third-order valence-corrected chi connectivity index (χ3v) is 8.69. The van der Waals surface area contributed by atoms with Crippen molar-refractivity contribution in [3.8, 4) is 0 Å². The zero-order chi connectivity index (χ0) is 11.7. The summed E-state index contributed by atoms with van der Waals surface area (Å²) in [5.74, 6) is 0.948. The van der Waals surface area contributed by atoms with E-state index in [0.717, 1.165) is 18.2 Å². The van der Waals surface area contributed by atoms with E-state index in [2.05, 4.69) is 43.8 Å². The van der Waals surface area contributed by atoms with Gasteiger partial charge in [0.2, 0.25) is 0 Å². The molecule has 0 fully saturated rings. The molecule has 0 bridgehead atoms. The summed E-state index contributed by atoms with van der Waals surface area (Å²) in [6.45, 7) is 11.6. The molecule has 0 amide bonds. The van der Waals surface area contributed by atoms with Gasteiger partial charge >= 0.3 is 0 Å². The van der Waals surface area contributed by atoms with Crippen LogP contribution < -0.4 is 0 Å². The number of nitrogens with zero attached hydrogens (tertiary/aromatic N) is 1. The minimum Gasteiger partial charge on any atom is -0.340 e. The molecule has 4 heteroatoms. The van der Waals surface area contributed by atoms with Gasteiger partial charge in [0.05, 0.1) is 20.0 Å². The van der Waals surface area contributed by atoms with Crippen molar-refractivity contribution in [3.63, 3.8) is 0 Å². The standard InChI is InChI=1S/C11H20N2OSi/c1-11(2,3)15(4,5)8-10-12-6-9(7-14)13-10/h6-7H,8H2,1-5H3,(H,12,13). The van der Waals surface area contributed by atoms with Gasteiger partial charge in [0.1, 0.15) is 5.82 Å². The van der Waals surface area contributed by atoms with Crippen molar-refractivity contribution >= 4 is 14.4 Å². The first kappa shape index (κ1) is 12.2. The molecular formula is C11H20N2OSi. The quantitative estimate of drug-likeness (QED) is 0.634. The number of hydrogen-bond donors (Lipinski definition) is 1. The predicted octanol–water partition coefficient (Wildman–Crippen LogP) is 2.81. The summed E-state index contributed by atoms with van der Waals surface area (Å²) < 4.78 is 0. The second-order valence-electron chi connectivity index (χ2n) is 5.71. The second kappa shape index (κ2) is 3.93. The Hall–Kier alpha value is -0.903. The molecule has 84 valence electrons. The van der Waals surface area contributed by atoms with Gasteiger partial charge in [0.15, 0.2) is 6.29 Å². The third kappa shape index (κ3) is 2.78. The first-order valence-electron chi connectivity index (χ1n) is 5.25. The van der Waals surface area contributed by atoms with E-state index in [1.165, 1.54) is 0 Å². The van der Waals surface area contributed by atoms with E-state index < -0.39 is 8.07 Å². The van der Waals surface area contributed by atoms with E-state index in [4.69, 9.17) is 0 Å². The highest BCUT2D eigenvalue weighted by atomic mass is 28.3. The van der Waals surface area contributed by atoms with Gasteiger partial charge in [-0.3, -0.25) is 4.79 Å². The van der Waals surface area contributed by atoms with Crippen molar-refractivity contribution in [1.82, 2.24) is 9.97 Å². The Balaban J connectivity index is 2.81. The molecule has 0 aliphatic rings. The molecule has 0 saturated heterocycles. The molecule has 0 unspecified atom stereocenters. The van der Waals surface area contributed by atoms with Crippen molar-refractivity contribution in [1.29, 1.82) is 0 Å². The highest BCUT2D eigenvalue weighted by Gasteiger charge is 2.35. The molecule has 1 rings (SSSR count). The Morgan fingerprint density at radius 3 is 2.47 bits per heavy atom. The Labute approximate surface area is 92.3 Å². The maximum Gasteiger partial charge on any atom is 0.167 e. The number of carbonyl (C=O) groups is 1. The average molecular weight is 224 g/mol. The Bertz CT molecular complexity index is 350. The first-order chi connectivity index (χ1) is 6.76. The lowest BCUT2D eigenvalue weighted by molar-refractivity contribution is 0.111. The minimum atomic E-state index is -1.35. The highest BCUT2D eigenvalue weighted by molar-refractivity contribution is 6.79. The number of rotatable bonds is 3. The predicted molar refractivity (Wildman–Crippen MR) is 64.9 cm³/mol. The number of imidazole rings is 1. The van der Waals surface area contributed by atoms with Gasteiger partial charge in [-0.15, -0.1) is 0 Å². The van der Waals surface area contributed by atoms with Crippen LogP contribution in [0.2, 0.25) is 18.1 Å². The summed E-state index contributed by atoms with van der Waals surface area (Å²) in [6.07, 6.45) is 2.41. The van der Waals surface area contributed by atoms with Crippen LogP contribution in [0, 0.1) is 0 Å². The molecule has 15 heavy (non-hydrogen) atoms. The summed E-state index contributed by atoms with van der Waals surface area (Å²) in [7, 11) is -1.35. The van der Waals surface area contributed by atoms with Crippen molar-refractivity contribution in [2.75, 3.05) is 0 Å². The molecule has 3 nitrogen and oxygen atoms in total. The molecule has 0 saturated carbocycles. The Morgan fingerprint density at radius 2 is 2.07 bits per heavy atom. The molecule has 0 aromatic carbocycles. The largest absolute Gasteiger partial charge is 0.340 e. The van der Waals surface area contributed by atoms with E-state index in [9.17, 15) is 4.79 Å². The van der Waals surface area contributed by atoms with Crippen LogP contribution in [0.1, 0.15) is 37.1 Å². The summed E-state index contributed by atoms with van der Waals surface area (Å²) in [4.78, 5) is 17.8. The fourth-order valence-electron chi connectivity index (χ4n) is 1.21. The van der Waals surface area contributed by atoms with Crippen LogP contribution >= 0.6 is 0 Å². The van der Waals surface area contributed by atoms with Gasteiger partial charge in [-0.25, -0.2) is 4.98 Å². The lowest BCUT2D eigenvalue weighted by Crippen LogP contribution is -2.40. The molecule has 1 heterocycles. The molecular weight excluding hydrogens is 204 g/mol. The number of aromatic nitrogens is 2. The molecule has 0 atom stereocenters. The minimum absolute atomic E-state index is 0.348. The number of nitrogens with one attached hydrogen (secondary N) is 1. The maximum atomic E-state index is 10.5. The fraction of sp³-hybridized carbons (Fsp3) is 0.636. The van der Waals surface area contributed by atoms with Gasteiger partial charge in [-0.1, -0.05) is 33.9 Å². The van der Waals surface area contributed by atoms with Crippen LogP contribution in [0.4, 0.5) is 0 Å². The monoisotopic (exact) mass is 224 g/mol. The van der Waals surface area contributed by atoms with Gasteiger partial charge in [0, 0.05) is 6.04 Å². The van der Waals surface area contributed by atoms with E-state index in [-0.39, 0.29) is 0 Å². The highest BCUT2D eigenvalue weighted by Crippen LogP contribution is 2.37. The summed E-state index contributed by atoms with van der Waals surface area (Å²) in [6, 6.07) is 0.990. The fourth-order valence-corrected chi connectivity index (χ4v) is 2.76. The summed E-state index contributed by atoms with van der Waals surface area (Å²) in [5, 5.41) is 0.348. The third-order valence-electron chi connectivity index (χ3n) is 3.41. The van der Waals surface area contributed by atoms with Gasteiger partial charge < -0.3 is 4.98 Å². The van der Waals surface area contributed by atoms with Crippen molar-refractivity contribution in [3.05, 3.63) is 17.7 Å². The van der Waals surface area contributed by atoms with Crippen molar-refractivity contribution in [2.45, 2.75) is 44.9 Å². The lowest BCUT2D eigenvalue weighted by Gasteiger charge is -2.36. The smallest absolute Gasteiger partial charge is 0.167 e. The summed E-state index contributed by atoms with van der Waals surface area (Å²) >= 11 is 0.